The fraction of sp³-hybridized carbons (Fsp3) is 0.409. The highest BCUT2D eigenvalue weighted by molar-refractivity contribution is 6.30. The molecule has 0 saturated carbocycles. The first kappa shape index (κ1) is 22.6. The molecule has 2 aromatic carbocycles. The van der Waals surface area contributed by atoms with Crippen LogP contribution in [0.3, 0.4) is 0 Å². The van der Waals surface area contributed by atoms with Crippen molar-refractivity contribution in [1.29, 1.82) is 0 Å². The van der Waals surface area contributed by atoms with Gasteiger partial charge in [-0.25, -0.2) is 13.2 Å². The summed E-state index contributed by atoms with van der Waals surface area (Å²) in [4.78, 5) is 12.3. The molecule has 1 aliphatic rings. The highest BCUT2D eigenvalue weighted by Crippen LogP contribution is 2.44. The lowest BCUT2D eigenvalue weighted by Crippen LogP contribution is -2.51. The van der Waals surface area contributed by atoms with Crippen LogP contribution >= 0.6 is 11.6 Å². The van der Waals surface area contributed by atoms with Crippen LogP contribution in [0.5, 0.6) is 0 Å². The third-order valence-electron chi connectivity index (χ3n) is 5.20. The Hall–Kier alpha value is -2.09. The van der Waals surface area contributed by atoms with E-state index in [1.807, 2.05) is 6.92 Å². The van der Waals surface area contributed by atoms with E-state index < -0.39 is 35.2 Å². The largest absolute Gasteiger partial charge is 0.384 e. The Balaban J connectivity index is 1.93. The number of amides is 1. The van der Waals surface area contributed by atoms with E-state index >= 15 is 0 Å². The molecule has 1 amide bonds. The zero-order chi connectivity index (χ0) is 21.9. The second-order valence-electron chi connectivity index (χ2n) is 7.71. The third kappa shape index (κ3) is 5.33. The highest BCUT2D eigenvalue weighted by atomic mass is 35.5. The van der Waals surface area contributed by atoms with Crippen molar-refractivity contribution in [2.24, 2.45) is 0 Å². The molecule has 0 bridgehead atoms. The van der Waals surface area contributed by atoms with Gasteiger partial charge < -0.3 is 14.8 Å². The molecule has 0 aliphatic carbocycles. The minimum absolute atomic E-state index is 0.0927. The summed E-state index contributed by atoms with van der Waals surface area (Å²) in [5.74, 6) is -3.55. The number of methoxy groups -OCH3 is 1. The van der Waals surface area contributed by atoms with Crippen LogP contribution in [0.15, 0.2) is 36.4 Å². The number of benzene rings is 2. The smallest absolute Gasteiger partial charge is 0.222 e. The number of carbonyl (C=O) groups excluding carboxylic acids is 1. The van der Waals surface area contributed by atoms with Crippen LogP contribution in [0.1, 0.15) is 49.5 Å². The Labute approximate surface area is 178 Å². The topological polar surface area (TPSA) is 47.6 Å². The molecule has 162 valence electrons. The van der Waals surface area contributed by atoms with E-state index in [2.05, 4.69) is 5.32 Å². The fourth-order valence-corrected chi connectivity index (χ4v) is 3.86. The summed E-state index contributed by atoms with van der Waals surface area (Å²) in [5, 5.41) is 3.52. The Morgan fingerprint density at radius 2 is 1.77 bits per heavy atom. The average molecular weight is 442 g/mol. The van der Waals surface area contributed by atoms with E-state index in [-0.39, 0.29) is 30.9 Å². The quantitative estimate of drug-likeness (QED) is 0.622. The summed E-state index contributed by atoms with van der Waals surface area (Å²) >= 11 is 5.97. The van der Waals surface area contributed by atoms with Gasteiger partial charge in [-0.1, -0.05) is 23.7 Å². The van der Waals surface area contributed by atoms with Crippen molar-refractivity contribution in [2.75, 3.05) is 13.7 Å². The van der Waals surface area contributed by atoms with Crippen molar-refractivity contribution in [3.8, 4) is 0 Å². The predicted molar refractivity (Wildman–Crippen MR) is 107 cm³/mol. The molecule has 3 rings (SSSR count). The Bertz CT molecular complexity index is 909. The molecule has 0 aromatic heterocycles. The molecular weight excluding hydrogens is 419 g/mol. The number of hydrogen-bond acceptors (Lipinski definition) is 3. The summed E-state index contributed by atoms with van der Waals surface area (Å²) in [5.41, 5.74) is -0.0793. The van der Waals surface area contributed by atoms with Crippen molar-refractivity contribution in [2.45, 2.75) is 43.9 Å². The molecule has 0 spiro atoms. The van der Waals surface area contributed by atoms with Crippen molar-refractivity contribution in [1.82, 2.24) is 5.32 Å². The van der Waals surface area contributed by atoms with Crippen molar-refractivity contribution >= 4 is 17.5 Å². The Morgan fingerprint density at radius 1 is 1.13 bits per heavy atom. The predicted octanol–water partition coefficient (Wildman–Crippen LogP) is 5.26. The molecule has 0 unspecified atom stereocenters. The zero-order valence-corrected chi connectivity index (χ0v) is 17.4. The van der Waals surface area contributed by atoms with Gasteiger partial charge in [0.2, 0.25) is 5.91 Å². The lowest BCUT2D eigenvalue weighted by molar-refractivity contribution is -0.129. The molecule has 8 heteroatoms. The number of carbonyl (C=O) groups is 1. The van der Waals surface area contributed by atoms with Crippen LogP contribution < -0.4 is 5.32 Å². The summed E-state index contributed by atoms with van der Waals surface area (Å²) < 4.78 is 52.7. The third-order valence-corrected chi connectivity index (χ3v) is 5.46. The molecular formula is C22H23ClF3NO3. The minimum Gasteiger partial charge on any atom is -0.384 e. The van der Waals surface area contributed by atoms with Gasteiger partial charge in [-0.15, -0.1) is 0 Å². The minimum atomic E-state index is -1.27. The molecule has 1 aliphatic heterocycles. The van der Waals surface area contributed by atoms with Crippen LogP contribution in [0.4, 0.5) is 13.2 Å². The molecule has 4 nitrogen and oxygen atoms in total. The molecule has 1 N–H and O–H groups in total. The van der Waals surface area contributed by atoms with Gasteiger partial charge in [0.25, 0.3) is 0 Å². The van der Waals surface area contributed by atoms with Crippen molar-refractivity contribution < 1.29 is 27.4 Å². The van der Waals surface area contributed by atoms with Gasteiger partial charge in [-0.05, 0) is 30.7 Å². The van der Waals surface area contributed by atoms with Gasteiger partial charge in [0.1, 0.15) is 5.82 Å². The number of rotatable bonds is 6. The van der Waals surface area contributed by atoms with Gasteiger partial charge in [0, 0.05) is 48.6 Å². The fourth-order valence-electron chi connectivity index (χ4n) is 3.73. The first-order valence-electron chi connectivity index (χ1n) is 9.56. The van der Waals surface area contributed by atoms with Gasteiger partial charge in [0.05, 0.1) is 18.8 Å². The van der Waals surface area contributed by atoms with Crippen LogP contribution in [0, 0.1) is 17.5 Å². The van der Waals surface area contributed by atoms with Crippen LogP contribution in [0.2, 0.25) is 5.02 Å². The molecule has 1 saturated heterocycles. The SMILES string of the molecule is COCCC(=O)N[C@@]1(C)C[C@@H](c2ccc(Cl)cc2)O[C@@H](c2cc(F)c(F)cc2F)C1. The Morgan fingerprint density at radius 3 is 2.43 bits per heavy atom. The standard InChI is InChI=1S/C22H23ClF3NO3/c1-22(27-21(28)7-8-29-2)11-19(13-3-5-14(23)6-4-13)30-20(12-22)15-9-17(25)18(26)10-16(15)24/h3-6,9-10,19-20H,7-8,11-12H2,1-2H3,(H,27,28)/t19-,20+,22-/m0/s1. The number of nitrogens with one attached hydrogen (secondary N) is 1. The summed E-state index contributed by atoms with van der Waals surface area (Å²) in [6.45, 7) is 2.09. The van der Waals surface area contributed by atoms with Crippen molar-refractivity contribution in [3.05, 3.63) is 70.0 Å². The number of ether oxygens (including phenoxy) is 2. The van der Waals surface area contributed by atoms with Crippen molar-refractivity contribution in [3.63, 3.8) is 0 Å². The maximum absolute atomic E-state index is 14.5. The normalized spacial score (nSPS) is 23.9. The second kappa shape index (κ2) is 9.37. The monoisotopic (exact) mass is 441 g/mol. The molecule has 1 heterocycles. The maximum atomic E-state index is 14.5. The van der Waals surface area contributed by atoms with Crippen LogP contribution in [-0.4, -0.2) is 25.2 Å². The molecule has 0 radical (unpaired) electrons. The highest BCUT2D eigenvalue weighted by Gasteiger charge is 2.41. The van der Waals surface area contributed by atoms with Gasteiger partial charge in [0.15, 0.2) is 11.6 Å². The summed E-state index contributed by atoms with van der Waals surface area (Å²) in [6.07, 6.45) is -0.626. The molecule has 1 fully saturated rings. The van der Waals surface area contributed by atoms with E-state index in [1.165, 1.54) is 7.11 Å². The first-order chi connectivity index (χ1) is 14.2. The maximum Gasteiger partial charge on any atom is 0.222 e. The first-order valence-corrected chi connectivity index (χ1v) is 9.94. The molecule has 30 heavy (non-hydrogen) atoms. The van der Waals surface area contributed by atoms with Gasteiger partial charge >= 0.3 is 0 Å². The van der Waals surface area contributed by atoms with E-state index in [4.69, 9.17) is 21.1 Å². The number of hydrogen-bond donors (Lipinski definition) is 1. The molecule has 3 atom stereocenters. The number of halogens is 4. The zero-order valence-electron chi connectivity index (χ0n) is 16.7. The summed E-state index contributed by atoms with van der Waals surface area (Å²) in [6, 6.07) is 8.29. The Kier molecular flexibility index (Phi) is 7.06. The van der Waals surface area contributed by atoms with Crippen LogP contribution in [0.25, 0.3) is 0 Å². The van der Waals surface area contributed by atoms with E-state index in [0.29, 0.717) is 17.5 Å². The summed E-state index contributed by atoms with van der Waals surface area (Å²) in [7, 11) is 1.50. The lowest BCUT2D eigenvalue weighted by atomic mass is 9.81. The van der Waals surface area contributed by atoms with Gasteiger partial charge in [-0.2, -0.15) is 0 Å². The van der Waals surface area contributed by atoms with Crippen LogP contribution in [-0.2, 0) is 14.3 Å². The van der Waals surface area contributed by atoms with Gasteiger partial charge in [-0.3, -0.25) is 4.79 Å². The molecule has 2 aromatic rings. The second-order valence-corrected chi connectivity index (χ2v) is 8.15. The lowest BCUT2D eigenvalue weighted by Gasteiger charge is -2.43. The van der Waals surface area contributed by atoms with E-state index in [9.17, 15) is 18.0 Å². The average Bonchev–Trinajstić information content (AvgIpc) is 2.69. The van der Waals surface area contributed by atoms with E-state index in [1.54, 1.807) is 24.3 Å². The van der Waals surface area contributed by atoms with E-state index in [0.717, 1.165) is 11.6 Å².